The third-order valence-electron chi connectivity index (χ3n) is 9.04. The zero-order chi connectivity index (χ0) is 29.0. The fourth-order valence-corrected chi connectivity index (χ4v) is 6.94. The Morgan fingerprint density at radius 2 is 0.977 bits per heavy atom. The summed E-state index contributed by atoms with van der Waals surface area (Å²) in [6.45, 7) is 4.74. The highest BCUT2D eigenvalue weighted by molar-refractivity contribution is 6.05. The van der Waals surface area contributed by atoms with Crippen molar-refractivity contribution in [2.75, 3.05) is 0 Å². The van der Waals surface area contributed by atoms with Crippen LogP contribution in [0.4, 0.5) is 0 Å². The normalized spacial score (nSPS) is 13.1. The van der Waals surface area contributed by atoms with E-state index in [1.54, 1.807) is 0 Å². The van der Waals surface area contributed by atoms with Crippen LogP contribution in [-0.2, 0) is 5.41 Å². The second-order valence-corrected chi connectivity index (χ2v) is 12.0. The Morgan fingerprint density at radius 3 is 1.70 bits per heavy atom. The molecule has 0 saturated heterocycles. The van der Waals surface area contributed by atoms with Gasteiger partial charge in [0, 0.05) is 16.5 Å². The largest absolute Gasteiger partial charge is 0.248 e. The lowest BCUT2D eigenvalue weighted by Crippen LogP contribution is -2.15. The maximum absolute atomic E-state index is 5.23. The lowest BCUT2D eigenvalue weighted by Gasteiger charge is -2.24. The Balaban J connectivity index is 1.38. The molecule has 43 heavy (non-hydrogen) atoms. The van der Waals surface area contributed by atoms with Crippen LogP contribution in [0.3, 0.4) is 0 Å². The van der Waals surface area contributed by atoms with E-state index in [-0.39, 0.29) is 5.41 Å². The molecule has 1 heterocycles. The lowest BCUT2D eigenvalue weighted by molar-refractivity contribution is 0.666. The Labute approximate surface area is 253 Å². The van der Waals surface area contributed by atoms with Crippen LogP contribution in [0.2, 0.25) is 0 Å². The van der Waals surface area contributed by atoms with Gasteiger partial charge in [-0.25, -0.2) is 4.98 Å². The van der Waals surface area contributed by atoms with Crippen LogP contribution in [0.5, 0.6) is 0 Å². The Hall–Kier alpha value is -5.27. The Kier molecular flexibility index (Phi) is 5.87. The summed E-state index contributed by atoms with van der Waals surface area (Å²) in [7, 11) is 0. The molecule has 1 nitrogen and oxygen atoms in total. The number of hydrogen-bond acceptors (Lipinski definition) is 1. The number of aromatic nitrogens is 1. The quantitative estimate of drug-likeness (QED) is 0.213. The van der Waals surface area contributed by atoms with Crippen molar-refractivity contribution in [1.29, 1.82) is 0 Å². The molecule has 0 saturated carbocycles. The van der Waals surface area contributed by atoms with E-state index in [0.29, 0.717) is 0 Å². The van der Waals surface area contributed by atoms with E-state index < -0.39 is 0 Å². The smallest absolute Gasteiger partial charge is 0.0715 e. The minimum Gasteiger partial charge on any atom is -0.248 e. The zero-order valence-electron chi connectivity index (χ0n) is 24.4. The van der Waals surface area contributed by atoms with Gasteiger partial charge in [-0.1, -0.05) is 147 Å². The first-order valence-electron chi connectivity index (χ1n) is 15.0. The molecule has 0 aliphatic heterocycles. The van der Waals surface area contributed by atoms with Gasteiger partial charge in [0.15, 0.2) is 0 Å². The molecule has 1 aromatic heterocycles. The molecule has 7 aromatic rings. The average molecular weight is 550 g/mol. The van der Waals surface area contributed by atoms with E-state index in [0.717, 1.165) is 22.5 Å². The van der Waals surface area contributed by atoms with Gasteiger partial charge in [-0.15, -0.1) is 0 Å². The molecule has 0 amide bonds. The number of rotatable bonds is 4. The third-order valence-corrected chi connectivity index (χ3v) is 9.04. The Bertz CT molecular complexity index is 2120. The van der Waals surface area contributed by atoms with Crippen molar-refractivity contribution in [2.24, 2.45) is 0 Å². The summed E-state index contributed by atoms with van der Waals surface area (Å²) in [4.78, 5) is 5.23. The molecule has 0 spiro atoms. The molecule has 1 heteroatoms. The van der Waals surface area contributed by atoms with Crippen molar-refractivity contribution in [3.63, 3.8) is 0 Å². The van der Waals surface area contributed by atoms with E-state index in [2.05, 4.69) is 166 Å². The molecule has 0 atom stereocenters. The molecule has 6 aromatic carbocycles. The monoisotopic (exact) mass is 549 g/mol. The van der Waals surface area contributed by atoms with E-state index in [1.165, 1.54) is 55.3 Å². The van der Waals surface area contributed by atoms with Crippen LogP contribution in [0.25, 0.3) is 66.7 Å². The van der Waals surface area contributed by atoms with E-state index >= 15 is 0 Å². The van der Waals surface area contributed by atoms with Crippen LogP contribution in [0, 0.1) is 0 Å². The fraction of sp³-hybridized carbons (Fsp3) is 0.0714. The topological polar surface area (TPSA) is 12.9 Å². The number of fused-ring (bicyclic) bond motifs is 5. The minimum absolute atomic E-state index is 0.104. The van der Waals surface area contributed by atoms with Crippen molar-refractivity contribution in [3.8, 4) is 55.9 Å². The van der Waals surface area contributed by atoms with Gasteiger partial charge in [-0.3, -0.25) is 0 Å². The SMILES string of the molecule is CC1(C)c2ccccc2-c2c(-c3cc(-c4ccccc4)nc(-c4ccc(-c5ccccc5)cc4)c3)cc3ccccc3c21. The van der Waals surface area contributed by atoms with Gasteiger partial charge < -0.3 is 0 Å². The van der Waals surface area contributed by atoms with Crippen molar-refractivity contribution in [1.82, 2.24) is 4.98 Å². The fourth-order valence-electron chi connectivity index (χ4n) is 6.94. The Morgan fingerprint density at radius 1 is 0.442 bits per heavy atom. The molecule has 0 radical (unpaired) electrons. The molecular formula is C42H31N. The molecule has 0 bridgehead atoms. The number of hydrogen-bond donors (Lipinski definition) is 0. The predicted molar refractivity (Wildman–Crippen MR) is 181 cm³/mol. The maximum Gasteiger partial charge on any atom is 0.0715 e. The standard InChI is InChI=1S/C42H31N/c1-42(2)37-20-12-11-19-35(37)40-36(25-32-17-9-10-18-34(32)41(40)42)33-26-38(30-15-7-4-8-16-30)43-39(27-33)31-23-21-29(22-24-31)28-13-5-3-6-14-28/h3-27H,1-2H3. The van der Waals surface area contributed by atoms with Gasteiger partial charge in [0.25, 0.3) is 0 Å². The molecule has 0 N–H and O–H groups in total. The molecule has 204 valence electrons. The highest BCUT2D eigenvalue weighted by atomic mass is 14.7. The summed E-state index contributed by atoms with van der Waals surface area (Å²) in [5.41, 5.74) is 14.4. The summed E-state index contributed by atoms with van der Waals surface area (Å²) < 4.78 is 0. The number of benzene rings is 6. The summed E-state index contributed by atoms with van der Waals surface area (Å²) in [5.74, 6) is 0. The van der Waals surface area contributed by atoms with Gasteiger partial charge in [-0.2, -0.15) is 0 Å². The van der Waals surface area contributed by atoms with Crippen molar-refractivity contribution in [2.45, 2.75) is 19.3 Å². The van der Waals surface area contributed by atoms with Gasteiger partial charge in [-0.05, 0) is 73.5 Å². The second kappa shape index (κ2) is 9.93. The average Bonchev–Trinajstić information content (AvgIpc) is 3.32. The highest BCUT2D eigenvalue weighted by Gasteiger charge is 2.38. The summed E-state index contributed by atoms with van der Waals surface area (Å²) in [5, 5.41) is 2.60. The van der Waals surface area contributed by atoms with Crippen LogP contribution in [0.15, 0.2) is 152 Å². The number of pyridine rings is 1. The van der Waals surface area contributed by atoms with E-state index in [9.17, 15) is 0 Å². The molecule has 1 aliphatic carbocycles. The molecule has 1 aliphatic rings. The van der Waals surface area contributed by atoms with Crippen LogP contribution in [0.1, 0.15) is 25.0 Å². The van der Waals surface area contributed by atoms with Gasteiger partial charge in [0.05, 0.1) is 11.4 Å². The van der Waals surface area contributed by atoms with Crippen LogP contribution >= 0.6 is 0 Å². The van der Waals surface area contributed by atoms with Crippen LogP contribution < -0.4 is 0 Å². The third kappa shape index (κ3) is 4.20. The first kappa shape index (κ1) is 25.4. The summed E-state index contributed by atoms with van der Waals surface area (Å²) in [6, 6.07) is 54.6. The van der Waals surface area contributed by atoms with Crippen molar-refractivity contribution < 1.29 is 0 Å². The molecule has 0 unspecified atom stereocenters. The highest BCUT2D eigenvalue weighted by Crippen LogP contribution is 2.55. The summed E-state index contributed by atoms with van der Waals surface area (Å²) >= 11 is 0. The van der Waals surface area contributed by atoms with Crippen molar-refractivity contribution >= 4 is 10.8 Å². The first-order chi connectivity index (χ1) is 21.1. The lowest BCUT2D eigenvalue weighted by atomic mass is 9.79. The maximum atomic E-state index is 5.23. The van der Waals surface area contributed by atoms with Crippen molar-refractivity contribution in [3.05, 3.63) is 163 Å². The van der Waals surface area contributed by atoms with Gasteiger partial charge >= 0.3 is 0 Å². The molecule has 0 fully saturated rings. The second-order valence-electron chi connectivity index (χ2n) is 12.0. The number of nitrogens with zero attached hydrogens (tertiary/aromatic N) is 1. The van der Waals surface area contributed by atoms with Crippen LogP contribution in [-0.4, -0.2) is 4.98 Å². The molecular weight excluding hydrogens is 518 g/mol. The van der Waals surface area contributed by atoms with Gasteiger partial charge in [0.1, 0.15) is 0 Å². The summed E-state index contributed by atoms with van der Waals surface area (Å²) in [6.07, 6.45) is 0. The molecule has 8 rings (SSSR count). The first-order valence-corrected chi connectivity index (χ1v) is 15.0. The minimum atomic E-state index is -0.104. The van der Waals surface area contributed by atoms with E-state index in [4.69, 9.17) is 4.98 Å². The van der Waals surface area contributed by atoms with E-state index in [1.807, 2.05) is 0 Å². The zero-order valence-corrected chi connectivity index (χ0v) is 24.4. The van der Waals surface area contributed by atoms with Gasteiger partial charge in [0.2, 0.25) is 0 Å². The predicted octanol–water partition coefficient (Wildman–Crippen LogP) is 11.2.